The highest BCUT2D eigenvalue weighted by molar-refractivity contribution is 9.10. The van der Waals surface area contributed by atoms with Crippen molar-refractivity contribution in [3.63, 3.8) is 0 Å². The molecule has 0 heterocycles. The van der Waals surface area contributed by atoms with Gasteiger partial charge in [-0.1, -0.05) is 15.9 Å². The smallest absolute Gasteiger partial charge is 0.320 e. The molecule has 4 nitrogen and oxygen atoms in total. The summed E-state index contributed by atoms with van der Waals surface area (Å²) in [6.45, 7) is 3.09. The van der Waals surface area contributed by atoms with E-state index in [4.69, 9.17) is 5.11 Å². The van der Waals surface area contributed by atoms with Crippen LogP contribution >= 0.6 is 15.9 Å². The summed E-state index contributed by atoms with van der Waals surface area (Å²) in [6, 6.07) is 0. The lowest BCUT2D eigenvalue weighted by molar-refractivity contribution is -0.140. The van der Waals surface area contributed by atoms with Crippen molar-refractivity contribution >= 4 is 21.9 Å². The molecule has 0 aromatic heterocycles. The van der Waals surface area contributed by atoms with Crippen molar-refractivity contribution < 1.29 is 14.6 Å². The quantitative estimate of drug-likeness (QED) is 0.567. The Bertz CT molecular complexity index is 175. The number of methoxy groups -OCH3 is 1. The van der Waals surface area contributed by atoms with E-state index in [1.165, 1.54) is 7.11 Å². The number of rotatable bonds is 6. The van der Waals surface area contributed by atoms with E-state index in [2.05, 4.69) is 20.7 Å². The number of hydrogen-bond donors (Lipinski definition) is 1. The van der Waals surface area contributed by atoms with Gasteiger partial charge in [-0.3, -0.25) is 4.79 Å². The lowest BCUT2D eigenvalue weighted by Crippen LogP contribution is -2.33. The van der Waals surface area contributed by atoms with E-state index in [1.54, 1.807) is 6.92 Å². The number of carbonyl (C=O) groups excluding carboxylic acids is 1. The molecule has 0 aromatic carbocycles. The van der Waals surface area contributed by atoms with Crippen molar-refractivity contribution in [3.8, 4) is 0 Å². The van der Waals surface area contributed by atoms with Gasteiger partial charge in [0.05, 0.1) is 13.2 Å². The lowest BCUT2D eigenvalue weighted by atomic mass is 10.2. The first-order valence-electron chi connectivity index (χ1n) is 4.56. The molecule has 0 saturated heterocycles. The Hall–Kier alpha value is -0.130. The van der Waals surface area contributed by atoms with Gasteiger partial charge in [0.1, 0.15) is 4.83 Å². The molecule has 2 atom stereocenters. The number of aliphatic hydroxyl groups is 1. The Morgan fingerprint density at radius 1 is 1.64 bits per heavy atom. The van der Waals surface area contributed by atoms with Gasteiger partial charge in [-0.05, 0) is 20.4 Å². The highest BCUT2D eigenvalue weighted by atomic mass is 79.9. The molecule has 0 saturated carbocycles. The third kappa shape index (κ3) is 6.34. The molecule has 0 aliphatic carbocycles. The summed E-state index contributed by atoms with van der Waals surface area (Å²) in [4.78, 5) is 12.7. The number of hydrogen-bond acceptors (Lipinski definition) is 4. The maximum Gasteiger partial charge on any atom is 0.320 e. The van der Waals surface area contributed by atoms with Crippen LogP contribution in [0.5, 0.6) is 0 Å². The number of aliphatic hydroxyl groups excluding tert-OH is 1. The fraction of sp³-hybridized carbons (Fsp3) is 0.889. The molecule has 84 valence electrons. The van der Waals surface area contributed by atoms with Crippen LogP contribution in [0.25, 0.3) is 0 Å². The highest BCUT2D eigenvalue weighted by Crippen LogP contribution is 2.04. The zero-order chi connectivity index (χ0) is 11.1. The van der Waals surface area contributed by atoms with Crippen LogP contribution in [0, 0.1) is 0 Å². The van der Waals surface area contributed by atoms with Crippen LogP contribution in [-0.2, 0) is 9.53 Å². The number of carbonyl (C=O) groups is 1. The summed E-state index contributed by atoms with van der Waals surface area (Å²) in [5, 5.41) is 9.06. The molecule has 0 radical (unpaired) electrons. The van der Waals surface area contributed by atoms with Crippen LogP contribution in [-0.4, -0.2) is 54.2 Å². The molecule has 0 aromatic rings. The van der Waals surface area contributed by atoms with Crippen molar-refractivity contribution in [2.24, 2.45) is 0 Å². The van der Waals surface area contributed by atoms with Crippen molar-refractivity contribution in [2.45, 2.75) is 24.3 Å². The van der Waals surface area contributed by atoms with Crippen LogP contribution in [0.4, 0.5) is 0 Å². The summed E-state index contributed by atoms with van der Waals surface area (Å²) in [5.41, 5.74) is 0. The molecule has 0 bridgehead atoms. The molecule has 0 aliphatic heterocycles. The molecular formula is C9H18BrNO3. The normalized spacial score (nSPS) is 15.3. The van der Waals surface area contributed by atoms with Crippen LogP contribution in [0.1, 0.15) is 13.3 Å². The van der Waals surface area contributed by atoms with Gasteiger partial charge in [0.15, 0.2) is 0 Å². The van der Waals surface area contributed by atoms with E-state index in [0.29, 0.717) is 13.0 Å². The van der Waals surface area contributed by atoms with Crippen molar-refractivity contribution in [3.05, 3.63) is 0 Å². The van der Waals surface area contributed by atoms with E-state index in [-0.39, 0.29) is 16.9 Å². The maximum atomic E-state index is 11.0. The Balaban J connectivity index is 3.70. The van der Waals surface area contributed by atoms with E-state index in [0.717, 1.165) is 6.54 Å². The van der Waals surface area contributed by atoms with Gasteiger partial charge in [-0.25, -0.2) is 0 Å². The Morgan fingerprint density at radius 3 is 2.64 bits per heavy atom. The SMILES string of the molecule is COC(=O)C(Br)CN(C)CCC(C)O. The monoisotopic (exact) mass is 267 g/mol. The average Bonchev–Trinajstić information content (AvgIpc) is 2.13. The van der Waals surface area contributed by atoms with Gasteiger partial charge in [0, 0.05) is 13.1 Å². The fourth-order valence-electron chi connectivity index (χ4n) is 0.975. The molecule has 0 amide bonds. The Morgan fingerprint density at radius 2 is 2.21 bits per heavy atom. The van der Waals surface area contributed by atoms with Gasteiger partial charge >= 0.3 is 5.97 Å². The number of esters is 1. The molecule has 2 unspecified atom stereocenters. The van der Waals surface area contributed by atoms with Gasteiger partial charge in [-0.15, -0.1) is 0 Å². The van der Waals surface area contributed by atoms with Crippen LogP contribution < -0.4 is 0 Å². The predicted molar refractivity (Wildman–Crippen MR) is 58.5 cm³/mol. The number of nitrogens with zero attached hydrogens (tertiary/aromatic N) is 1. The molecule has 14 heavy (non-hydrogen) atoms. The molecule has 0 rings (SSSR count). The van der Waals surface area contributed by atoms with Gasteiger partial charge in [0.2, 0.25) is 0 Å². The van der Waals surface area contributed by atoms with Gasteiger partial charge < -0.3 is 14.7 Å². The van der Waals surface area contributed by atoms with Crippen molar-refractivity contribution in [1.29, 1.82) is 0 Å². The number of halogens is 1. The summed E-state index contributed by atoms with van der Waals surface area (Å²) in [6.07, 6.45) is 0.404. The number of ether oxygens (including phenoxy) is 1. The Labute approximate surface area is 93.4 Å². The van der Waals surface area contributed by atoms with Gasteiger partial charge in [0.25, 0.3) is 0 Å². The van der Waals surface area contributed by atoms with Crippen molar-refractivity contribution in [1.82, 2.24) is 4.90 Å². The first-order valence-corrected chi connectivity index (χ1v) is 5.47. The van der Waals surface area contributed by atoms with E-state index >= 15 is 0 Å². The maximum absolute atomic E-state index is 11.0. The Kier molecular flexibility index (Phi) is 7.13. The predicted octanol–water partition coefficient (Wildman–Crippen LogP) is 0.626. The summed E-state index contributed by atoms with van der Waals surface area (Å²) in [7, 11) is 3.27. The van der Waals surface area contributed by atoms with Crippen LogP contribution in [0.3, 0.4) is 0 Å². The minimum atomic E-state index is -0.302. The van der Waals surface area contributed by atoms with E-state index in [9.17, 15) is 4.79 Å². The standard InChI is InChI=1S/C9H18BrNO3/c1-7(12)4-5-11(2)6-8(10)9(13)14-3/h7-8,12H,4-6H2,1-3H3. The molecule has 0 fully saturated rings. The van der Waals surface area contributed by atoms with Crippen LogP contribution in [0.2, 0.25) is 0 Å². The molecule has 0 spiro atoms. The third-order valence-electron chi connectivity index (χ3n) is 1.86. The summed E-state index contributed by atoms with van der Waals surface area (Å²) in [5.74, 6) is -0.270. The highest BCUT2D eigenvalue weighted by Gasteiger charge is 2.17. The van der Waals surface area contributed by atoms with E-state index in [1.807, 2.05) is 11.9 Å². The second kappa shape index (κ2) is 7.20. The van der Waals surface area contributed by atoms with Gasteiger partial charge in [-0.2, -0.15) is 0 Å². The summed E-state index contributed by atoms with van der Waals surface area (Å²) >= 11 is 3.23. The second-order valence-electron chi connectivity index (χ2n) is 3.39. The number of alkyl halides is 1. The largest absolute Gasteiger partial charge is 0.468 e. The lowest BCUT2D eigenvalue weighted by Gasteiger charge is -2.19. The minimum absolute atomic E-state index is 0.270. The molecule has 1 N–H and O–H groups in total. The zero-order valence-electron chi connectivity index (χ0n) is 8.86. The third-order valence-corrected chi connectivity index (χ3v) is 2.52. The van der Waals surface area contributed by atoms with Crippen LogP contribution in [0.15, 0.2) is 0 Å². The first-order chi connectivity index (χ1) is 6.47. The summed E-state index contributed by atoms with van der Waals surface area (Å²) < 4.78 is 4.58. The fourth-order valence-corrected chi connectivity index (χ4v) is 1.66. The van der Waals surface area contributed by atoms with E-state index < -0.39 is 0 Å². The average molecular weight is 268 g/mol. The van der Waals surface area contributed by atoms with Crippen molar-refractivity contribution in [2.75, 3.05) is 27.2 Å². The minimum Gasteiger partial charge on any atom is -0.468 e. The molecule has 5 heteroatoms. The molecular weight excluding hydrogens is 250 g/mol. The second-order valence-corrected chi connectivity index (χ2v) is 4.50. The zero-order valence-corrected chi connectivity index (χ0v) is 10.5. The topological polar surface area (TPSA) is 49.8 Å². The first kappa shape index (κ1) is 13.9. The molecule has 0 aliphatic rings.